The van der Waals surface area contributed by atoms with Crippen LogP contribution >= 0.6 is 0 Å². The number of benzene rings is 1. The predicted molar refractivity (Wildman–Crippen MR) is 139 cm³/mol. The van der Waals surface area contributed by atoms with Crippen molar-refractivity contribution in [3.8, 4) is 17.3 Å². The van der Waals surface area contributed by atoms with Gasteiger partial charge in [0.05, 0.1) is 25.1 Å². The molecule has 1 saturated carbocycles. The maximum Gasteiger partial charge on any atom is 0.278 e. The number of methoxy groups -OCH3 is 1. The van der Waals surface area contributed by atoms with Gasteiger partial charge in [0.2, 0.25) is 0 Å². The van der Waals surface area contributed by atoms with Crippen LogP contribution in [0.25, 0.3) is 16.7 Å². The van der Waals surface area contributed by atoms with Gasteiger partial charge >= 0.3 is 0 Å². The van der Waals surface area contributed by atoms with Gasteiger partial charge in [-0.1, -0.05) is 13.3 Å². The van der Waals surface area contributed by atoms with Gasteiger partial charge < -0.3 is 30.5 Å². The number of aliphatic hydroxyl groups is 1. The first-order chi connectivity index (χ1) is 18.4. The van der Waals surface area contributed by atoms with E-state index in [0.29, 0.717) is 42.2 Å². The molecule has 2 aromatic heterocycles. The summed E-state index contributed by atoms with van der Waals surface area (Å²) in [4.78, 5) is 30.2. The number of rotatable bonds is 11. The Bertz CT molecular complexity index is 1280. The number of aromatic nitrogens is 3. The second-order valence-electron chi connectivity index (χ2n) is 10.00. The highest BCUT2D eigenvalue weighted by molar-refractivity contribution is 5.87. The number of fused-ring (bicyclic) bond motifs is 1. The van der Waals surface area contributed by atoms with Crippen molar-refractivity contribution in [3.05, 3.63) is 42.7 Å². The van der Waals surface area contributed by atoms with Crippen molar-refractivity contribution in [2.24, 2.45) is 0 Å². The molecule has 0 unspecified atom stereocenters. The van der Waals surface area contributed by atoms with E-state index >= 15 is 0 Å². The summed E-state index contributed by atoms with van der Waals surface area (Å²) in [7, 11) is 1.61. The number of hydrogen-bond acceptors (Lipinski definition) is 7. The SMILES string of the molecule is CCC[C@H](NC(=O)[C@@H]1C[C@@H](Oc2cc(-n3cccn3)nc3cc(OC)ccc23)C[NH2+]1)[C@H](O)C(=O)NC1CC1. The summed E-state index contributed by atoms with van der Waals surface area (Å²) in [5, 5.41) is 23.4. The number of carbonyl (C=O) groups excluding carboxylic acids is 2. The third kappa shape index (κ3) is 5.89. The van der Waals surface area contributed by atoms with Crippen LogP contribution in [0.2, 0.25) is 0 Å². The summed E-state index contributed by atoms with van der Waals surface area (Å²) in [5.74, 6) is 1.34. The summed E-state index contributed by atoms with van der Waals surface area (Å²) in [6, 6.07) is 8.44. The van der Waals surface area contributed by atoms with Crippen LogP contribution in [0.3, 0.4) is 0 Å². The van der Waals surface area contributed by atoms with E-state index in [1.54, 1.807) is 18.0 Å². The third-order valence-electron chi connectivity index (χ3n) is 7.04. The van der Waals surface area contributed by atoms with Crippen molar-refractivity contribution < 1.29 is 29.5 Å². The van der Waals surface area contributed by atoms with E-state index in [9.17, 15) is 14.7 Å². The Balaban J connectivity index is 1.27. The molecule has 1 aromatic carbocycles. The maximum absolute atomic E-state index is 13.1. The Morgan fingerprint density at radius 3 is 2.84 bits per heavy atom. The predicted octanol–water partition coefficient (Wildman–Crippen LogP) is 0.437. The van der Waals surface area contributed by atoms with Gasteiger partial charge in [-0.05, 0) is 37.5 Å². The van der Waals surface area contributed by atoms with Gasteiger partial charge in [0.15, 0.2) is 24.1 Å². The smallest absolute Gasteiger partial charge is 0.278 e. The van der Waals surface area contributed by atoms with E-state index < -0.39 is 18.1 Å². The van der Waals surface area contributed by atoms with Gasteiger partial charge in [0.25, 0.3) is 11.8 Å². The molecule has 38 heavy (non-hydrogen) atoms. The van der Waals surface area contributed by atoms with Crippen LogP contribution in [0, 0.1) is 0 Å². The summed E-state index contributed by atoms with van der Waals surface area (Å²) in [5.41, 5.74) is 0.712. The zero-order chi connectivity index (χ0) is 26.6. The Hall–Kier alpha value is -3.70. The quantitative estimate of drug-likeness (QED) is 0.285. The number of quaternary nitrogens is 1. The monoisotopic (exact) mass is 523 g/mol. The molecule has 2 aliphatic rings. The van der Waals surface area contributed by atoms with Gasteiger partial charge in [-0.2, -0.15) is 5.10 Å². The van der Waals surface area contributed by atoms with Crippen molar-refractivity contribution in [2.45, 2.75) is 69.4 Å². The lowest BCUT2D eigenvalue weighted by Gasteiger charge is -2.24. The molecule has 0 bridgehead atoms. The van der Waals surface area contributed by atoms with Crippen molar-refractivity contribution >= 4 is 22.7 Å². The van der Waals surface area contributed by atoms with Crippen LogP contribution < -0.4 is 25.4 Å². The van der Waals surface area contributed by atoms with E-state index in [4.69, 9.17) is 14.5 Å². The first kappa shape index (κ1) is 25.9. The zero-order valence-electron chi connectivity index (χ0n) is 21.7. The molecule has 11 heteroatoms. The maximum atomic E-state index is 13.1. The lowest BCUT2D eigenvalue weighted by molar-refractivity contribution is -0.659. The third-order valence-corrected chi connectivity index (χ3v) is 7.04. The molecule has 3 aromatic rings. The van der Waals surface area contributed by atoms with Crippen LogP contribution in [-0.4, -0.2) is 75.7 Å². The standard InChI is InChI=1S/C27H34N6O5/c1-3-5-20(25(34)27(36)30-16-6-7-16)32-26(35)22-13-18(15-28-22)38-23-14-24(33-11-4-10-29-33)31-21-12-17(37-2)8-9-19(21)23/h4,8-12,14,16,18,20,22,25,28,34H,3,5-7,13,15H2,1-2H3,(H,30,36)(H,32,35)/p+1/t18-,20+,22+,25+/m1/s1. The Labute approximate surface area is 220 Å². The normalized spacial score (nSPS) is 20.6. The number of hydrogen-bond donors (Lipinski definition) is 4. The minimum atomic E-state index is -1.27. The minimum Gasteiger partial charge on any atom is -0.497 e. The Morgan fingerprint density at radius 1 is 1.29 bits per heavy atom. The van der Waals surface area contributed by atoms with Crippen molar-refractivity contribution in [2.75, 3.05) is 13.7 Å². The van der Waals surface area contributed by atoms with Gasteiger partial charge in [0, 0.05) is 36.0 Å². The Morgan fingerprint density at radius 2 is 2.13 bits per heavy atom. The molecule has 2 fully saturated rings. The Kier molecular flexibility index (Phi) is 7.75. The molecule has 0 spiro atoms. The highest BCUT2D eigenvalue weighted by atomic mass is 16.5. The second-order valence-corrected chi connectivity index (χ2v) is 10.00. The first-order valence-corrected chi connectivity index (χ1v) is 13.2. The molecule has 5 N–H and O–H groups in total. The molecule has 202 valence electrons. The zero-order valence-corrected chi connectivity index (χ0v) is 21.7. The molecule has 0 radical (unpaired) electrons. The van der Waals surface area contributed by atoms with Gasteiger partial charge in [0.1, 0.15) is 18.0 Å². The topological polar surface area (TPSA) is 144 Å². The van der Waals surface area contributed by atoms with Crippen LogP contribution in [0.15, 0.2) is 42.7 Å². The number of pyridine rings is 1. The lowest BCUT2D eigenvalue weighted by atomic mass is 10.0. The average Bonchev–Trinajstić information content (AvgIpc) is 3.36. The molecule has 1 saturated heterocycles. The van der Waals surface area contributed by atoms with Crippen LogP contribution in [0.1, 0.15) is 39.0 Å². The number of aliphatic hydroxyl groups excluding tert-OH is 1. The molecular weight excluding hydrogens is 488 g/mol. The summed E-state index contributed by atoms with van der Waals surface area (Å²) < 4.78 is 13.5. The summed E-state index contributed by atoms with van der Waals surface area (Å²) >= 11 is 0. The van der Waals surface area contributed by atoms with Crippen molar-refractivity contribution in [3.63, 3.8) is 0 Å². The number of ether oxygens (including phenoxy) is 2. The molecule has 11 nitrogen and oxygen atoms in total. The fourth-order valence-corrected chi connectivity index (χ4v) is 4.80. The molecular formula is C27H35N6O5+. The molecule has 2 amide bonds. The lowest BCUT2D eigenvalue weighted by Crippen LogP contribution is -2.90. The van der Waals surface area contributed by atoms with Crippen LogP contribution in [0.5, 0.6) is 11.5 Å². The summed E-state index contributed by atoms with van der Waals surface area (Å²) in [6.07, 6.45) is 5.63. The van der Waals surface area contributed by atoms with E-state index in [1.165, 1.54) is 0 Å². The fourth-order valence-electron chi connectivity index (χ4n) is 4.80. The molecule has 5 rings (SSSR count). The molecule has 1 aliphatic carbocycles. The highest BCUT2D eigenvalue weighted by Crippen LogP contribution is 2.31. The fraction of sp³-hybridized carbons (Fsp3) is 0.481. The van der Waals surface area contributed by atoms with Crippen LogP contribution in [-0.2, 0) is 9.59 Å². The van der Waals surface area contributed by atoms with Gasteiger partial charge in [-0.15, -0.1) is 0 Å². The number of nitrogens with two attached hydrogens (primary N) is 1. The molecule has 3 heterocycles. The van der Waals surface area contributed by atoms with Gasteiger partial charge in [-0.3, -0.25) is 9.59 Å². The highest BCUT2D eigenvalue weighted by Gasteiger charge is 2.38. The molecule has 4 atom stereocenters. The van der Waals surface area contributed by atoms with E-state index in [0.717, 1.165) is 24.6 Å². The van der Waals surface area contributed by atoms with Crippen LogP contribution in [0.4, 0.5) is 0 Å². The number of nitrogens with one attached hydrogen (secondary N) is 2. The van der Waals surface area contributed by atoms with Gasteiger partial charge in [-0.25, -0.2) is 9.67 Å². The largest absolute Gasteiger partial charge is 0.497 e. The molecule has 1 aliphatic heterocycles. The van der Waals surface area contributed by atoms with E-state index in [2.05, 4.69) is 15.7 Å². The van der Waals surface area contributed by atoms with Crippen molar-refractivity contribution in [1.82, 2.24) is 25.4 Å². The first-order valence-electron chi connectivity index (χ1n) is 13.2. The van der Waals surface area contributed by atoms with E-state index in [-0.39, 0.29) is 24.1 Å². The second kappa shape index (κ2) is 11.4. The number of nitrogens with zero attached hydrogens (tertiary/aromatic N) is 3. The average molecular weight is 524 g/mol. The number of carbonyl (C=O) groups is 2. The number of amides is 2. The summed E-state index contributed by atoms with van der Waals surface area (Å²) in [6.45, 7) is 2.56. The van der Waals surface area contributed by atoms with E-state index in [1.807, 2.05) is 48.8 Å². The van der Waals surface area contributed by atoms with Crippen molar-refractivity contribution in [1.29, 1.82) is 0 Å². The minimum absolute atomic E-state index is 0.148.